The minimum Gasteiger partial charge on any atom is -0.405 e. The molecule has 2 aromatic carbocycles. The fourth-order valence-electron chi connectivity index (χ4n) is 3.99. The van der Waals surface area contributed by atoms with Crippen LogP contribution >= 0.6 is 11.6 Å². The number of halogens is 4. The lowest BCUT2D eigenvalue weighted by Crippen LogP contribution is -2.51. The average Bonchev–Trinajstić information content (AvgIpc) is 3.32. The van der Waals surface area contributed by atoms with Crippen LogP contribution in [0.1, 0.15) is 19.3 Å². The number of hydrogen-bond acceptors (Lipinski definition) is 5. The number of nitrogens with zero attached hydrogens (tertiary/aromatic N) is 4. The number of piperidine rings is 1. The first-order valence-corrected chi connectivity index (χ1v) is 11.2. The van der Waals surface area contributed by atoms with Gasteiger partial charge in [0.2, 0.25) is 11.8 Å². The molecule has 1 aromatic heterocycles. The number of carbonyl (C=O) groups excluding carboxylic acids is 2. The zero-order valence-electron chi connectivity index (χ0n) is 18.3. The van der Waals surface area contributed by atoms with Crippen LogP contribution in [0.15, 0.2) is 54.9 Å². The number of aromatic nitrogens is 3. The number of anilines is 1. The Labute approximate surface area is 203 Å². The molecule has 184 valence electrons. The van der Waals surface area contributed by atoms with Crippen LogP contribution in [-0.2, 0) is 16.1 Å². The summed E-state index contributed by atoms with van der Waals surface area (Å²) in [4.78, 5) is 27.3. The first-order chi connectivity index (χ1) is 16.7. The van der Waals surface area contributed by atoms with Crippen molar-refractivity contribution in [1.29, 1.82) is 0 Å². The molecular formula is C23H21ClF3N5O3. The monoisotopic (exact) mass is 507 g/mol. The maximum Gasteiger partial charge on any atom is 0.573 e. The molecular weight excluding hydrogens is 487 g/mol. The lowest BCUT2D eigenvalue weighted by Gasteiger charge is -2.34. The number of hydrogen-bond donors (Lipinski definition) is 1. The molecule has 3 aromatic rings. The van der Waals surface area contributed by atoms with Crippen LogP contribution in [0.25, 0.3) is 11.1 Å². The average molecular weight is 508 g/mol. The van der Waals surface area contributed by atoms with Gasteiger partial charge in [0.05, 0.1) is 11.2 Å². The number of alkyl halides is 3. The minimum absolute atomic E-state index is 0.0241. The van der Waals surface area contributed by atoms with E-state index in [-0.39, 0.29) is 34.7 Å². The first kappa shape index (κ1) is 24.5. The largest absolute Gasteiger partial charge is 0.573 e. The second-order valence-corrected chi connectivity index (χ2v) is 8.33. The Morgan fingerprint density at radius 1 is 1.14 bits per heavy atom. The second-order valence-electron chi connectivity index (χ2n) is 7.93. The van der Waals surface area contributed by atoms with Gasteiger partial charge in [-0.3, -0.25) is 9.59 Å². The van der Waals surface area contributed by atoms with Crippen LogP contribution in [0.5, 0.6) is 5.75 Å². The third-order valence-electron chi connectivity index (χ3n) is 5.53. The van der Waals surface area contributed by atoms with Gasteiger partial charge in [0, 0.05) is 29.6 Å². The van der Waals surface area contributed by atoms with Gasteiger partial charge in [0.25, 0.3) is 0 Å². The summed E-state index contributed by atoms with van der Waals surface area (Å²) in [5.74, 6) is -1.01. The highest BCUT2D eigenvalue weighted by Gasteiger charge is 2.33. The quantitative estimate of drug-likeness (QED) is 0.530. The normalized spacial score (nSPS) is 16.1. The number of amides is 2. The maximum absolute atomic E-state index is 13.0. The summed E-state index contributed by atoms with van der Waals surface area (Å²) in [6, 6.07) is 9.47. The molecule has 0 bridgehead atoms. The Balaban J connectivity index is 1.49. The van der Waals surface area contributed by atoms with Gasteiger partial charge in [-0.15, -0.1) is 18.3 Å². The molecule has 35 heavy (non-hydrogen) atoms. The summed E-state index contributed by atoms with van der Waals surface area (Å²) in [6.45, 7) is 0.422. The first-order valence-electron chi connectivity index (χ1n) is 10.8. The van der Waals surface area contributed by atoms with E-state index < -0.39 is 12.4 Å². The van der Waals surface area contributed by atoms with Crippen molar-refractivity contribution in [2.75, 3.05) is 11.9 Å². The van der Waals surface area contributed by atoms with Crippen molar-refractivity contribution in [2.24, 2.45) is 0 Å². The van der Waals surface area contributed by atoms with Gasteiger partial charge in [-0.25, -0.2) is 4.68 Å². The van der Waals surface area contributed by atoms with E-state index in [1.54, 1.807) is 12.3 Å². The Bertz CT molecular complexity index is 1200. The number of carbonyl (C=O) groups is 2. The van der Waals surface area contributed by atoms with Crippen molar-refractivity contribution < 1.29 is 27.5 Å². The highest BCUT2D eigenvalue weighted by Crippen LogP contribution is 2.38. The molecule has 0 spiro atoms. The highest BCUT2D eigenvalue weighted by atomic mass is 35.5. The number of rotatable bonds is 6. The van der Waals surface area contributed by atoms with Crippen molar-refractivity contribution in [3.05, 3.63) is 59.9 Å². The molecule has 2 amide bonds. The number of para-hydroxylation sites is 1. The molecule has 0 saturated carbocycles. The van der Waals surface area contributed by atoms with Crippen molar-refractivity contribution in [3.63, 3.8) is 0 Å². The van der Waals surface area contributed by atoms with Crippen molar-refractivity contribution in [3.8, 4) is 16.9 Å². The van der Waals surface area contributed by atoms with Crippen LogP contribution in [0, 0.1) is 0 Å². The van der Waals surface area contributed by atoms with E-state index in [2.05, 4.69) is 20.4 Å². The highest BCUT2D eigenvalue weighted by molar-refractivity contribution is 6.33. The van der Waals surface area contributed by atoms with Crippen molar-refractivity contribution in [2.45, 2.75) is 38.2 Å². The van der Waals surface area contributed by atoms with Gasteiger partial charge >= 0.3 is 6.36 Å². The second kappa shape index (κ2) is 10.3. The Hall–Kier alpha value is -3.60. The van der Waals surface area contributed by atoms with E-state index in [0.29, 0.717) is 24.2 Å². The predicted octanol–water partition coefficient (Wildman–Crippen LogP) is 4.52. The molecule has 1 aliphatic rings. The van der Waals surface area contributed by atoms with Gasteiger partial charge in [0.15, 0.2) is 0 Å². The molecule has 0 aliphatic carbocycles. The molecule has 12 heteroatoms. The molecule has 2 heterocycles. The number of nitrogens with one attached hydrogen (secondary N) is 1. The van der Waals surface area contributed by atoms with Gasteiger partial charge in [-0.1, -0.05) is 41.1 Å². The van der Waals surface area contributed by atoms with Crippen LogP contribution in [0.2, 0.25) is 5.02 Å². The Morgan fingerprint density at radius 3 is 2.66 bits per heavy atom. The SMILES string of the molecule is O=C(Nc1ccc(-c2ccccc2OC(F)(F)F)c(Cl)c1)C1CCCCN1C(=O)Cn1ccnn1. The standard InChI is InChI=1S/C23H21ClF3N5O3/c24-18-13-15(8-9-16(18)17-5-1-2-7-20(17)35-23(25,26)27)29-22(34)19-6-3-4-11-32(19)21(33)14-31-12-10-28-30-31/h1-2,5,7-10,12-13,19H,3-4,6,11,14H2,(H,29,34). The third-order valence-corrected chi connectivity index (χ3v) is 5.85. The van der Waals surface area contributed by atoms with E-state index in [1.165, 1.54) is 52.2 Å². The molecule has 1 fully saturated rings. The van der Waals surface area contributed by atoms with Crippen molar-refractivity contribution in [1.82, 2.24) is 19.9 Å². The molecule has 4 rings (SSSR count). The lowest BCUT2D eigenvalue weighted by atomic mass is 10.0. The van der Waals surface area contributed by atoms with Gasteiger partial charge in [-0.05, 0) is 37.5 Å². The topological polar surface area (TPSA) is 89.4 Å². The molecule has 0 radical (unpaired) electrons. The zero-order chi connectivity index (χ0) is 25.0. The molecule has 8 nitrogen and oxygen atoms in total. The third kappa shape index (κ3) is 6.10. The Kier molecular flexibility index (Phi) is 7.25. The minimum atomic E-state index is -4.85. The number of ether oxygens (including phenoxy) is 1. The van der Waals surface area contributed by atoms with Gasteiger partial charge in [0.1, 0.15) is 18.3 Å². The van der Waals surface area contributed by atoms with E-state index >= 15 is 0 Å². The van der Waals surface area contributed by atoms with Gasteiger partial charge < -0.3 is 15.0 Å². The van der Waals surface area contributed by atoms with Crippen molar-refractivity contribution >= 4 is 29.1 Å². The van der Waals surface area contributed by atoms with E-state index in [9.17, 15) is 22.8 Å². The van der Waals surface area contributed by atoms with Gasteiger partial charge in [-0.2, -0.15) is 0 Å². The zero-order valence-corrected chi connectivity index (χ0v) is 19.1. The molecule has 1 N–H and O–H groups in total. The smallest absolute Gasteiger partial charge is 0.405 e. The van der Waals surface area contributed by atoms with Crippen LogP contribution in [0.4, 0.5) is 18.9 Å². The predicted molar refractivity (Wildman–Crippen MR) is 122 cm³/mol. The summed E-state index contributed by atoms with van der Waals surface area (Å²) in [7, 11) is 0. The number of likely N-dealkylation sites (tertiary alicyclic amines) is 1. The fraction of sp³-hybridized carbons (Fsp3) is 0.304. The van der Waals surface area contributed by atoms with E-state index in [0.717, 1.165) is 12.8 Å². The van der Waals surface area contributed by atoms with Crippen LogP contribution in [-0.4, -0.2) is 50.7 Å². The van der Waals surface area contributed by atoms with Crippen LogP contribution in [0.3, 0.4) is 0 Å². The number of benzene rings is 2. The molecule has 1 unspecified atom stereocenters. The summed E-state index contributed by atoms with van der Waals surface area (Å²) in [5.41, 5.74) is 0.823. The Morgan fingerprint density at radius 2 is 1.94 bits per heavy atom. The molecule has 1 atom stereocenters. The fourth-order valence-corrected chi connectivity index (χ4v) is 4.27. The van der Waals surface area contributed by atoms with E-state index in [4.69, 9.17) is 11.6 Å². The summed E-state index contributed by atoms with van der Waals surface area (Å²) in [5, 5.41) is 10.4. The molecule has 1 aliphatic heterocycles. The maximum atomic E-state index is 13.0. The summed E-state index contributed by atoms with van der Waals surface area (Å²) < 4.78 is 43.8. The van der Waals surface area contributed by atoms with E-state index in [1.807, 2.05) is 0 Å². The summed E-state index contributed by atoms with van der Waals surface area (Å²) in [6.07, 6.45) is 0.261. The van der Waals surface area contributed by atoms with Crippen LogP contribution < -0.4 is 10.1 Å². The lowest BCUT2D eigenvalue weighted by molar-refractivity contribution is -0.274. The molecule has 1 saturated heterocycles. The summed E-state index contributed by atoms with van der Waals surface area (Å²) >= 11 is 6.37.